The van der Waals surface area contributed by atoms with Crippen LogP contribution >= 0.6 is 11.8 Å². The second-order valence-electron chi connectivity index (χ2n) is 4.55. The zero-order chi connectivity index (χ0) is 14.5. The van der Waals surface area contributed by atoms with Crippen molar-refractivity contribution in [2.75, 3.05) is 0 Å². The van der Waals surface area contributed by atoms with E-state index in [-0.39, 0.29) is 5.84 Å². The molecule has 0 heterocycles. The lowest BCUT2D eigenvalue weighted by Gasteiger charge is -2.00. The molecule has 2 rings (SSSR count). The van der Waals surface area contributed by atoms with Crippen molar-refractivity contribution in [3.8, 4) is 0 Å². The summed E-state index contributed by atoms with van der Waals surface area (Å²) in [6, 6.07) is 16.0. The predicted octanol–water partition coefficient (Wildman–Crippen LogP) is 3.79. The molecule has 2 aromatic carbocycles. The van der Waals surface area contributed by atoms with Gasteiger partial charge in [0.05, 0.1) is 0 Å². The maximum absolute atomic E-state index is 8.00. The van der Waals surface area contributed by atoms with E-state index in [4.69, 9.17) is 5.41 Å². The molecule has 102 valence electrons. The van der Waals surface area contributed by atoms with Crippen molar-refractivity contribution in [1.29, 1.82) is 5.41 Å². The number of aliphatic imine (C=N–C) groups is 1. The molecule has 4 heteroatoms. The van der Waals surface area contributed by atoms with Gasteiger partial charge in [0.2, 0.25) is 0 Å². The van der Waals surface area contributed by atoms with Crippen molar-refractivity contribution >= 4 is 34.6 Å². The molecule has 0 unspecified atom stereocenters. The first-order chi connectivity index (χ1) is 9.54. The molecule has 0 saturated heterocycles. The van der Waals surface area contributed by atoms with Crippen molar-refractivity contribution in [3.05, 3.63) is 65.2 Å². The molecule has 0 bridgehead atoms. The fourth-order valence-electron chi connectivity index (χ4n) is 1.62. The van der Waals surface area contributed by atoms with Gasteiger partial charge < -0.3 is 0 Å². The van der Waals surface area contributed by atoms with Gasteiger partial charge in [-0.1, -0.05) is 47.5 Å². The average molecular weight is 301 g/mol. The molecule has 0 amide bonds. The number of nitrogens with one attached hydrogen (secondary N) is 1. The molecule has 0 aliphatic carbocycles. The molecular weight excluding hydrogens is 284 g/mol. The number of aryl methyl sites for hydroxylation is 2. The second-order valence-corrected chi connectivity index (χ2v) is 6.44. The minimum Gasteiger partial charge on any atom is -0.282 e. The van der Waals surface area contributed by atoms with Gasteiger partial charge in [-0.3, -0.25) is 5.41 Å². The number of hydrogen-bond acceptors (Lipinski definition) is 2. The molecule has 0 radical (unpaired) electrons. The molecule has 0 fully saturated rings. The number of amidine groups is 1. The normalized spacial score (nSPS) is 11.4. The van der Waals surface area contributed by atoms with Crippen molar-refractivity contribution in [2.45, 2.75) is 18.7 Å². The van der Waals surface area contributed by atoms with Crippen LogP contribution in [0.2, 0.25) is 0 Å². The van der Waals surface area contributed by atoms with E-state index in [1.54, 1.807) is 0 Å². The van der Waals surface area contributed by atoms with Crippen molar-refractivity contribution in [1.82, 2.24) is 0 Å². The van der Waals surface area contributed by atoms with E-state index in [0.717, 1.165) is 10.5 Å². The summed E-state index contributed by atoms with van der Waals surface area (Å²) in [7, 11) is 0. The van der Waals surface area contributed by atoms with Crippen LogP contribution in [0.5, 0.6) is 0 Å². The van der Waals surface area contributed by atoms with Crippen molar-refractivity contribution < 1.29 is 0 Å². The molecule has 1 N–H and O–H groups in total. The van der Waals surface area contributed by atoms with Crippen LogP contribution in [-0.2, 0) is 12.6 Å². The minimum atomic E-state index is 0.259. The second kappa shape index (κ2) is 6.77. The van der Waals surface area contributed by atoms with E-state index in [9.17, 15) is 0 Å². The molecule has 0 aromatic heterocycles. The first-order valence-corrected chi connectivity index (χ1v) is 7.56. The van der Waals surface area contributed by atoms with Crippen LogP contribution in [0.3, 0.4) is 0 Å². The van der Waals surface area contributed by atoms with E-state index in [1.165, 1.54) is 22.9 Å². The van der Waals surface area contributed by atoms with E-state index in [0.29, 0.717) is 4.38 Å². The van der Waals surface area contributed by atoms with E-state index in [2.05, 4.69) is 36.7 Å². The molecule has 20 heavy (non-hydrogen) atoms. The lowest BCUT2D eigenvalue weighted by atomic mass is 10.1. The topological polar surface area (TPSA) is 36.2 Å². The monoisotopic (exact) mass is 301 g/mol. The standard InChI is InChI=1S/C16H16N2S2/c1-11-3-7-13(8-4-11)15(17)18-16(19)20-14-9-5-12(2)6-10-14/h3-10H,1-2H3,(H2,17,18,19)/p+1. The van der Waals surface area contributed by atoms with Gasteiger partial charge in [-0.2, -0.15) is 4.99 Å². The molecule has 0 aliphatic rings. The molecule has 2 nitrogen and oxygen atoms in total. The number of nitrogens with zero attached hydrogens (tertiary/aromatic N) is 1. The van der Waals surface area contributed by atoms with Gasteiger partial charge in [0.1, 0.15) is 0 Å². The maximum Gasteiger partial charge on any atom is 0.284 e. The Kier molecular flexibility index (Phi) is 5.04. The van der Waals surface area contributed by atoms with Crippen LogP contribution in [0.25, 0.3) is 0 Å². The summed E-state index contributed by atoms with van der Waals surface area (Å²) in [5.41, 5.74) is 3.23. The lowest BCUT2D eigenvalue weighted by Crippen LogP contribution is -1.98. The Morgan fingerprint density at radius 3 is 2.00 bits per heavy atom. The highest BCUT2D eigenvalue weighted by Crippen LogP contribution is 2.20. The summed E-state index contributed by atoms with van der Waals surface area (Å²) in [4.78, 5) is 5.37. The zero-order valence-electron chi connectivity index (χ0n) is 11.5. The van der Waals surface area contributed by atoms with E-state index >= 15 is 0 Å². The van der Waals surface area contributed by atoms with E-state index < -0.39 is 0 Å². The number of rotatable bonds is 2. The highest BCUT2D eigenvalue weighted by atomic mass is 32.2. The Morgan fingerprint density at radius 1 is 0.950 bits per heavy atom. The van der Waals surface area contributed by atoms with Crippen LogP contribution in [-0.4, -0.2) is 10.2 Å². The molecule has 0 spiro atoms. The largest absolute Gasteiger partial charge is 0.284 e. The third-order valence-electron chi connectivity index (χ3n) is 2.77. The third-order valence-corrected chi connectivity index (χ3v) is 3.98. The van der Waals surface area contributed by atoms with Gasteiger partial charge >= 0.3 is 0 Å². The van der Waals surface area contributed by atoms with Gasteiger partial charge in [0.15, 0.2) is 5.84 Å². The Hall–Kier alpha value is -1.52. The van der Waals surface area contributed by atoms with Crippen LogP contribution < -0.4 is 0 Å². The summed E-state index contributed by atoms with van der Waals surface area (Å²) < 4.78 is 0.680. The van der Waals surface area contributed by atoms with Gasteiger partial charge in [0, 0.05) is 23.1 Å². The van der Waals surface area contributed by atoms with Crippen LogP contribution in [0.1, 0.15) is 16.7 Å². The fraction of sp³-hybridized carbons (Fsp3) is 0.125. The van der Waals surface area contributed by atoms with Gasteiger partial charge in [0.25, 0.3) is 4.38 Å². The molecule has 0 aliphatic heterocycles. The predicted molar refractivity (Wildman–Crippen MR) is 92.6 cm³/mol. The van der Waals surface area contributed by atoms with Crippen molar-refractivity contribution in [3.63, 3.8) is 0 Å². The first kappa shape index (κ1) is 14.9. The minimum absolute atomic E-state index is 0.259. The quantitative estimate of drug-likeness (QED) is 0.389. The smallest absolute Gasteiger partial charge is 0.282 e. The maximum atomic E-state index is 8.00. The van der Waals surface area contributed by atoms with Gasteiger partial charge in [-0.25, -0.2) is 0 Å². The van der Waals surface area contributed by atoms with Crippen LogP contribution in [0, 0.1) is 19.3 Å². The van der Waals surface area contributed by atoms with Crippen LogP contribution in [0.4, 0.5) is 0 Å². The number of hydrogen-bond donors (Lipinski definition) is 1. The van der Waals surface area contributed by atoms with Crippen molar-refractivity contribution in [2.24, 2.45) is 4.99 Å². The number of benzene rings is 2. The Labute approximate surface area is 129 Å². The summed E-state index contributed by atoms with van der Waals surface area (Å²) in [5, 5.41) is 8.00. The number of thioether (sulfide) groups is 1. The third kappa shape index (κ3) is 4.25. The molecule has 2 aromatic rings. The molecule has 0 atom stereocenters. The lowest BCUT2D eigenvalue weighted by molar-refractivity contribution is 1.38. The van der Waals surface area contributed by atoms with E-state index in [1.807, 2.05) is 43.3 Å². The summed E-state index contributed by atoms with van der Waals surface area (Å²) in [6.45, 7) is 4.09. The summed E-state index contributed by atoms with van der Waals surface area (Å²) in [5.74, 6) is 0.259. The SMILES string of the molecule is Cc1ccc(SC([SH2+])=NC(=N)c2ccc(C)cc2)cc1. The Morgan fingerprint density at radius 2 is 1.45 bits per heavy atom. The Balaban J connectivity index is 2.07. The average Bonchev–Trinajstić information content (AvgIpc) is 2.42. The summed E-state index contributed by atoms with van der Waals surface area (Å²) >= 11 is 4.97. The first-order valence-electron chi connectivity index (χ1n) is 6.25. The van der Waals surface area contributed by atoms with Gasteiger partial charge in [-0.05, 0) is 37.7 Å². The van der Waals surface area contributed by atoms with Crippen LogP contribution in [0.15, 0.2) is 58.4 Å². The molecular formula is C16H17N2S2+. The highest BCUT2D eigenvalue weighted by Gasteiger charge is 2.07. The van der Waals surface area contributed by atoms with Gasteiger partial charge in [-0.15, -0.1) is 0 Å². The molecule has 0 saturated carbocycles. The Bertz CT molecular complexity index is 629. The fourth-order valence-corrected chi connectivity index (χ4v) is 2.72. The zero-order valence-corrected chi connectivity index (χ0v) is 13.3. The summed E-state index contributed by atoms with van der Waals surface area (Å²) in [6.07, 6.45) is 0. The highest BCUT2D eigenvalue weighted by molar-refractivity contribution is 8.27.